The zero-order valence-electron chi connectivity index (χ0n) is 16.8. The average Bonchev–Trinajstić information content (AvgIpc) is 2.65. The van der Waals surface area contributed by atoms with Crippen LogP contribution in [0.25, 0.3) is 0 Å². The van der Waals surface area contributed by atoms with Crippen molar-refractivity contribution in [3.8, 4) is 0 Å². The molecular weight excluding hydrogens is 366 g/mol. The summed E-state index contributed by atoms with van der Waals surface area (Å²) in [6.07, 6.45) is 0. The van der Waals surface area contributed by atoms with Gasteiger partial charge in [0.1, 0.15) is 5.69 Å². The molecule has 0 aliphatic carbocycles. The zero-order chi connectivity index (χ0) is 21.0. The van der Waals surface area contributed by atoms with Gasteiger partial charge in [0.2, 0.25) is 11.9 Å². The lowest BCUT2D eigenvalue weighted by Crippen LogP contribution is -2.15. The van der Waals surface area contributed by atoms with E-state index in [2.05, 4.69) is 32.0 Å². The highest BCUT2D eigenvalue weighted by Gasteiger charge is 2.12. The molecule has 29 heavy (non-hydrogen) atoms. The van der Waals surface area contributed by atoms with E-state index in [1.165, 1.54) is 12.5 Å². The monoisotopic (exact) mass is 389 g/mol. The van der Waals surface area contributed by atoms with Crippen LogP contribution in [0.1, 0.15) is 34.2 Å². The minimum absolute atomic E-state index is 0.151. The van der Waals surface area contributed by atoms with Crippen LogP contribution in [-0.4, -0.2) is 21.8 Å². The van der Waals surface area contributed by atoms with E-state index in [4.69, 9.17) is 0 Å². The van der Waals surface area contributed by atoms with E-state index >= 15 is 0 Å². The molecule has 148 valence electrons. The molecule has 0 fully saturated rings. The van der Waals surface area contributed by atoms with Crippen LogP contribution in [0.5, 0.6) is 0 Å². The summed E-state index contributed by atoms with van der Waals surface area (Å²) >= 11 is 0. The van der Waals surface area contributed by atoms with E-state index in [1.54, 1.807) is 30.3 Å². The van der Waals surface area contributed by atoms with E-state index in [-0.39, 0.29) is 17.5 Å². The van der Waals surface area contributed by atoms with Gasteiger partial charge in [-0.1, -0.05) is 17.7 Å². The van der Waals surface area contributed by atoms with Crippen molar-refractivity contribution >= 4 is 34.8 Å². The third-order valence-corrected chi connectivity index (χ3v) is 4.18. The van der Waals surface area contributed by atoms with Gasteiger partial charge >= 0.3 is 0 Å². The number of hydrogen-bond donors (Lipinski definition) is 3. The van der Waals surface area contributed by atoms with Gasteiger partial charge in [0.05, 0.1) is 0 Å². The van der Waals surface area contributed by atoms with E-state index in [1.807, 2.05) is 32.9 Å². The quantitative estimate of drug-likeness (QED) is 0.603. The molecule has 0 radical (unpaired) electrons. The molecule has 0 aliphatic heterocycles. The highest BCUT2D eigenvalue weighted by atomic mass is 16.2. The number of hydrogen-bond acceptors (Lipinski definition) is 5. The predicted molar refractivity (Wildman–Crippen MR) is 115 cm³/mol. The van der Waals surface area contributed by atoms with Crippen molar-refractivity contribution in [1.82, 2.24) is 9.97 Å². The van der Waals surface area contributed by atoms with Crippen molar-refractivity contribution in [3.63, 3.8) is 0 Å². The summed E-state index contributed by atoms with van der Waals surface area (Å²) in [5.41, 5.74) is 5.33. The molecule has 7 nitrogen and oxygen atoms in total. The summed E-state index contributed by atoms with van der Waals surface area (Å²) in [6, 6.07) is 14.5. The Morgan fingerprint density at radius 3 is 2.10 bits per heavy atom. The van der Waals surface area contributed by atoms with Crippen LogP contribution in [0.3, 0.4) is 0 Å². The molecule has 7 heteroatoms. The number of nitrogens with zero attached hydrogens (tertiary/aromatic N) is 2. The van der Waals surface area contributed by atoms with E-state index in [9.17, 15) is 9.59 Å². The SMILES string of the molecule is CC(=O)Nc1ccc(NC(=O)c2cc(C)nc(Nc3ccc(C)cc3C)n2)cc1. The summed E-state index contributed by atoms with van der Waals surface area (Å²) in [5.74, 6) is -0.128. The fraction of sp³-hybridized carbons (Fsp3) is 0.182. The first-order valence-corrected chi connectivity index (χ1v) is 9.19. The third-order valence-electron chi connectivity index (χ3n) is 4.18. The molecule has 2 amide bonds. The Balaban J connectivity index is 1.76. The predicted octanol–water partition coefficient (Wildman–Crippen LogP) is 4.36. The van der Waals surface area contributed by atoms with Crippen LogP contribution in [-0.2, 0) is 4.79 Å². The van der Waals surface area contributed by atoms with E-state index in [0.29, 0.717) is 23.0 Å². The van der Waals surface area contributed by atoms with Crippen LogP contribution in [0.2, 0.25) is 0 Å². The number of benzene rings is 2. The minimum atomic E-state index is -0.341. The summed E-state index contributed by atoms with van der Waals surface area (Å²) in [7, 11) is 0. The molecule has 3 N–H and O–H groups in total. The smallest absolute Gasteiger partial charge is 0.274 e. The minimum Gasteiger partial charge on any atom is -0.326 e. The maximum atomic E-state index is 12.6. The number of rotatable bonds is 5. The van der Waals surface area contributed by atoms with Crippen LogP contribution in [0.15, 0.2) is 48.5 Å². The standard InChI is InChI=1S/C22H23N5O2/c1-13-5-10-19(14(2)11-13)26-22-23-15(3)12-20(27-22)21(29)25-18-8-6-17(7-9-18)24-16(4)28/h5-12H,1-4H3,(H,24,28)(H,25,29)(H,23,26,27). The van der Waals surface area contributed by atoms with Gasteiger partial charge in [-0.3, -0.25) is 9.59 Å². The maximum absolute atomic E-state index is 12.6. The van der Waals surface area contributed by atoms with E-state index in [0.717, 1.165) is 11.3 Å². The molecule has 0 unspecified atom stereocenters. The van der Waals surface area contributed by atoms with Gasteiger partial charge in [0.25, 0.3) is 5.91 Å². The Morgan fingerprint density at radius 2 is 1.48 bits per heavy atom. The molecule has 0 spiro atoms. The van der Waals surface area contributed by atoms with Crippen LogP contribution < -0.4 is 16.0 Å². The maximum Gasteiger partial charge on any atom is 0.274 e. The molecule has 0 saturated carbocycles. The van der Waals surface area contributed by atoms with Crippen LogP contribution in [0.4, 0.5) is 23.0 Å². The fourth-order valence-corrected chi connectivity index (χ4v) is 2.85. The van der Waals surface area contributed by atoms with Gasteiger partial charge < -0.3 is 16.0 Å². The summed E-state index contributed by atoms with van der Waals surface area (Å²) < 4.78 is 0. The molecule has 0 aliphatic rings. The summed E-state index contributed by atoms with van der Waals surface area (Å²) in [4.78, 5) is 32.5. The molecular formula is C22H23N5O2. The first-order valence-electron chi connectivity index (χ1n) is 9.19. The molecule has 1 aromatic heterocycles. The van der Waals surface area contributed by atoms with Gasteiger partial charge in [-0.25, -0.2) is 9.97 Å². The van der Waals surface area contributed by atoms with Crippen molar-refractivity contribution < 1.29 is 9.59 Å². The number of carbonyl (C=O) groups is 2. The Labute approximate surface area is 169 Å². The average molecular weight is 389 g/mol. The number of carbonyl (C=O) groups excluding carboxylic acids is 2. The Bertz CT molecular complexity index is 1060. The van der Waals surface area contributed by atoms with Gasteiger partial charge in [0, 0.05) is 29.7 Å². The number of amides is 2. The fourth-order valence-electron chi connectivity index (χ4n) is 2.85. The van der Waals surface area contributed by atoms with Gasteiger partial charge in [-0.2, -0.15) is 0 Å². The number of aromatic nitrogens is 2. The lowest BCUT2D eigenvalue weighted by atomic mass is 10.1. The van der Waals surface area contributed by atoms with Gasteiger partial charge in [-0.05, 0) is 62.7 Å². The van der Waals surface area contributed by atoms with Crippen molar-refractivity contribution in [2.75, 3.05) is 16.0 Å². The lowest BCUT2D eigenvalue weighted by molar-refractivity contribution is -0.114. The second-order valence-corrected chi connectivity index (χ2v) is 6.87. The molecule has 2 aromatic carbocycles. The van der Waals surface area contributed by atoms with Crippen molar-refractivity contribution in [2.24, 2.45) is 0 Å². The largest absolute Gasteiger partial charge is 0.326 e. The highest BCUT2D eigenvalue weighted by molar-refractivity contribution is 6.03. The van der Waals surface area contributed by atoms with Gasteiger partial charge in [0.15, 0.2) is 0 Å². The summed E-state index contributed by atoms with van der Waals surface area (Å²) in [5, 5.41) is 8.67. The lowest BCUT2D eigenvalue weighted by Gasteiger charge is -2.11. The Morgan fingerprint density at radius 1 is 0.828 bits per heavy atom. The first kappa shape index (κ1) is 20.0. The van der Waals surface area contributed by atoms with Gasteiger partial charge in [-0.15, -0.1) is 0 Å². The molecule has 3 aromatic rings. The van der Waals surface area contributed by atoms with Crippen molar-refractivity contribution in [1.29, 1.82) is 0 Å². The number of anilines is 4. The summed E-state index contributed by atoms with van der Waals surface area (Å²) in [6.45, 7) is 7.29. The number of nitrogens with one attached hydrogen (secondary N) is 3. The topological polar surface area (TPSA) is 96.0 Å². The second-order valence-electron chi connectivity index (χ2n) is 6.87. The van der Waals surface area contributed by atoms with Crippen LogP contribution >= 0.6 is 0 Å². The van der Waals surface area contributed by atoms with Crippen molar-refractivity contribution in [3.05, 3.63) is 71.0 Å². The Kier molecular flexibility index (Phi) is 5.87. The second kappa shape index (κ2) is 8.52. The van der Waals surface area contributed by atoms with E-state index < -0.39 is 0 Å². The molecule has 0 bridgehead atoms. The zero-order valence-corrected chi connectivity index (χ0v) is 16.8. The Hall–Kier alpha value is -3.74. The third kappa shape index (κ3) is 5.38. The van der Waals surface area contributed by atoms with Crippen LogP contribution in [0, 0.1) is 20.8 Å². The highest BCUT2D eigenvalue weighted by Crippen LogP contribution is 2.20. The first-order chi connectivity index (χ1) is 13.8. The normalized spacial score (nSPS) is 10.3. The molecule has 3 rings (SSSR count). The molecule has 0 saturated heterocycles. The molecule has 0 atom stereocenters. The van der Waals surface area contributed by atoms with Crippen molar-refractivity contribution in [2.45, 2.75) is 27.7 Å². The molecule has 1 heterocycles. The number of aryl methyl sites for hydroxylation is 3.